The van der Waals surface area contributed by atoms with Gasteiger partial charge in [-0.15, -0.1) is 0 Å². The number of hydrogen-bond donors (Lipinski definition) is 1. The highest BCUT2D eigenvalue weighted by molar-refractivity contribution is 5.86. The number of ketones is 1. The molecule has 0 unspecified atom stereocenters. The van der Waals surface area contributed by atoms with Gasteiger partial charge in [0.25, 0.3) is 0 Å². The summed E-state index contributed by atoms with van der Waals surface area (Å²) in [5, 5.41) is 8.50. The molecule has 1 rings (SSSR count). The summed E-state index contributed by atoms with van der Waals surface area (Å²) in [7, 11) is 0. The maximum atomic E-state index is 10.7. The van der Waals surface area contributed by atoms with E-state index >= 15 is 0 Å². The van der Waals surface area contributed by atoms with E-state index in [1.807, 2.05) is 0 Å². The summed E-state index contributed by atoms with van der Waals surface area (Å²) >= 11 is 0. The van der Waals surface area contributed by atoms with Gasteiger partial charge in [0.05, 0.1) is 5.92 Å². The van der Waals surface area contributed by atoms with Crippen LogP contribution in [-0.4, -0.2) is 16.9 Å². The molecule has 0 heterocycles. The first-order chi connectivity index (χ1) is 4.63. The molecule has 0 aliphatic heterocycles. The SMILES string of the molecule is CC(=O)[C@@H]1CC[C@@H]1C(=O)O. The van der Waals surface area contributed by atoms with E-state index in [1.54, 1.807) is 0 Å². The highest BCUT2D eigenvalue weighted by atomic mass is 16.4. The van der Waals surface area contributed by atoms with Gasteiger partial charge in [-0.3, -0.25) is 9.59 Å². The second kappa shape index (κ2) is 2.40. The van der Waals surface area contributed by atoms with E-state index < -0.39 is 11.9 Å². The summed E-state index contributed by atoms with van der Waals surface area (Å²) in [4.78, 5) is 21.0. The molecule has 0 spiro atoms. The van der Waals surface area contributed by atoms with Crippen LogP contribution in [0.5, 0.6) is 0 Å². The van der Waals surface area contributed by atoms with Crippen molar-refractivity contribution in [1.82, 2.24) is 0 Å². The van der Waals surface area contributed by atoms with Crippen molar-refractivity contribution in [3.8, 4) is 0 Å². The summed E-state index contributed by atoms with van der Waals surface area (Å²) in [6.45, 7) is 1.46. The Labute approximate surface area is 59.0 Å². The third-order valence-electron chi connectivity index (χ3n) is 2.11. The molecular formula is C7H10O3. The van der Waals surface area contributed by atoms with E-state index in [1.165, 1.54) is 6.92 Å². The molecule has 1 aliphatic rings. The molecule has 56 valence electrons. The number of carbonyl (C=O) groups excluding carboxylic acids is 1. The maximum Gasteiger partial charge on any atom is 0.307 e. The van der Waals surface area contributed by atoms with Gasteiger partial charge in [0.1, 0.15) is 5.78 Å². The van der Waals surface area contributed by atoms with Crippen molar-refractivity contribution in [1.29, 1.82) is 0 Å². The average Bonchev–Trinajstić information content (AvgIpc) is 1.56. The summed E-state index contributed by atoms with van der Waals surface area (Å²) < 4.78 is 0. The predicted octanol–water partition coefficient (Wildman–Crippen LogP) is 0.686. The third kappa shape index (κ3) is 1.03. The number of hydrogen-bond acceptors (Lipinski definition) is 2. The van der Waals surface area contributed by atoms with Crippen LogP contribution in [0.3, 0.4) is 0 Å². The fourth-order valence-electron chi connectivity index (χ4n) is 1.28. The predicted molar refractivity (Wildman–Crippen MR) is 34.5 cm³/mol. The zero-order chi connectivity index (χ0) is 7.72. The van der Waals surface area contributed by atoms with E-state index in [4.69, 9.17) is 5.11 Å². The Balaban J connectivity index is 2.51. The highest BCUT2D eigenvalue weighted by Crippen LogP contribution is 2.34. The Morgan fingerprint density at radius 2 is 1.80 bits per heavy atom. The molecule has 3 heteroatoms. The van der Waals surface area contributed by atoms with Gasteiger partial charge in [-0.2, -0.15) is 0 Å². The minimum atomic E-state index is -0.827. The number of carbonyl (C=O) groups is 2. The number of carboxylic acids is 1. The zero-order valence-electron chi connectivity index (χ0n) is 5.83. The molecule has 10 heavy (non-hydrogen) atoms. The first kappa shape index (κ1) is 7.25. The first-order valence-corrected chi connectivity index (χ1v) is 3.36. The van der Waals surface area contributed by atoms with Gasteiger partial charge in [0.15, 0.2) is 0 Å². The molecule has 3 nitrogen and oxygen atoms in total. The van der Waals surface area contributed by atoms with Crippen LogP contribution in [0.2, 0.25) is 0 Å². The summed E-state index contributed by atoms with van der Waals surface area (Å²) in [5.41, 5.74) is 0. The van der Waals surface area contributed by atoms with E-state index in [2.05, 4.69) is 0 Å². The molecular weight excluding hydrogens is 132 g/mol. The second-order valence-corrected chi connectivity index (χ2v) is 2.74. The number of rotatable bonds is 2. The zero-order valence-corrected chi connectivity index (χ0v) is 5.83. The van der Waals surface area contributed by atoms with Crippen LogP contribution < -0.4 is 0 Å². The molecule has 2 atom stereocenters. The van der Waals surface area contributed by atoms with Gasteiger partial charge in [0, 0.05) is 5.92 Å². The molecule has 0 aromatic heterocycles. The van der Waals surface area contributed by atoms with Crippen LogP contribution in [0.15, 0.2) is 0 Å². The quantitative estimate of drug-likeness (QED) is 0.617. The molecule has 1 fully saturated rings. The Kier molecular flexibility index (Phi) is 1.74. The normalized spacial score (nSPS) is 30.9. The topological polar surface area (TPSA) is 54.4 Å². The van der Waals surface area contributed by atoms with Crippen molar-refractivity contribution in [3.63, 3.8) is 0 Å². The maximum absolute atomic E-state index is 10.7. The Bertz CT molecular complexity index is 154. The molecule has 1 saturated carbocycles. The van der Waals surface area contributed by atoms with E-state index in [9.17, 15) is 9.59 Å². The first-order valence-electron chi connectivity index (χ1n) is 3.36. The van der Waals surface area contributed by atoms with E-state index in [-0.39, 0.29) is 11.7 Å². The van der Waals surface area contributed by atoms with Crippen LogP contribution in [0.4, 0.5) is 0 Å². The molecule has 0 amide bonds. The second-order valence-electron chi connectivity index (χ2n) is 2.74. The fourth-order valence-corrected chi connectivity index (χ4v) is 1.28. The summed E-state index contributed by atoms with van der Waals surface area (Å²) in [6.07, 6.45) is 1.42. The van der Waals surface area contributed by atoms with Gasteiger partial charge in [-0.05, 0) is 19.8 Å². The summed E-state index contributed by atoms with van der Waals surface area (Å²) in [6, 6.07) is 0. The van der Waals surface area contributed by atoms with E-state index in [0.29, 0.717) is 6.42 Å². The van der Waals surface area contributed by atoms with Gasteiger partial charge in [-0.25, -0.2) is 0 Å². The minimum Gasteiger partial charge on any atom is -0.481 e. The molecule has 0 aromatic carbocycles. The van der Waals surface area contributed by atoms with Crippen LogP contribution in [0.1, 0.15) is 19.8 Å². The number of carboxylic acid groups (broad SMARTS) is 1. The molecule has 0 radical (unpaired) electrons. The van der Waals surface area contributed by atoms with Gasteiger partial charge in [-0.1, -0.05) is 0 Å². The van der Waals surface area contributed by atoms with Crippen LogP contribution >= 0.6 is 0 Å². The molecule has 0 saturated heterocycles. The lowest BCUT2D eigenvalue weighted by Gasteiger charge is -2.30. The molecule has 0 aromatic rings. The van der Waals surface area contributed by atoms with Gasteiger partial charge in [0.2, 0.25) is 0 Å². The van der Waals surface area contributed by atoms with Crippen LogP contribution in [-0.2, 0) is 9.59 Å². The van der Waals surface area contributed by atoms with Gasteiger partial charge >= 0.3 is 5.97 Å². The van der Waals surface area contributed by atoms with Crippen molar-refractivity contribution in [3.05, 3.63) is 0 Å². The highest BCUT2D eigenvalue weighted by Gasteiger charge is 2.39. The van der Waals surface area contributed by atoms with Crippen molar-refractivity contribution in [2.45, 2.75) is 19.8 Å². The lowest BCUT2D eigenvalue weighted by Crippen LogP contribution is -2.36. The largest absolute Gasteiger partial charge is 0.481 e. The van der Waals surface area contributed by atoms with Crippen molar-refractivity contribution < 1.29 is 14.7 Å². The number of aliphatic carboxylic acids is 1. The Morgan fingerprint density at radius 1 is 1.30 bits per heavy atom. The van der Waals surface area contributed by atoms with Gasteiger partial charge < -0.3 is 5.11 Å². The third-order valence-corrected chi connectivity index (χ3v) is 2.11. The van der Waals surface area contributed by atoms with Crippen molar-refractivity contribution in [2.75, 3.05) is 0 Å². The molecule has 1 N–H and O–H groups in total. The van der Waals surface area contributed by atoms with Crippen molar-refractivity contribution >= 4 is 11.8 Å². The Hall–Kier alpha value is -0.860. The fraction of sp³-hybridized carbons (Fsp3) is 0.714. The van der Waals surface area contributed by atoms with Crippen LogP contribution in [0, 0.1) is 11.8 Å². The smallest absolute Gasteiger partial charge is 0.307 e. The van der Waals surface area contributed by atoms with Crippen LogP contribution in [0.25, 0.3) is 0 Å². The monoisotopic (exact) mass is 142 g/mol. The minimum absolute atomic E-state index is 0.0126. The number of Topliss-reactive ketones (excluding diaryl/α,β-unsaturated/α-hetero) is 1. The standard InChI is InChI=1S/C7H10O3/c1-4(8)5-2-3-6(5)7(9)10/h5-6H,2-3H2,1H3,(H,9,10)/t5-,6-/m0/s1. The van der Waals surface area contributed by atoms with E-state index in [0.717, 1.165) is 6.42 Å². The van der Waals surface area contributed by atoms with Crippen molar-refractivity contribution in [2.24, 2.45) is 11.8 Å². The lowest BCUT2D eigenvalue weighted by atomic mass is 9.72. The molecule has 1 aliphatic carbocycles. The summed E-state index contributed by atoms with van der Waals surface area (Å²) in [5.74, 6) is -1.40. The average molecular weight is 142 g/mol. The lowest BCUT2D eigenvalue weighted by molar-refractivity contribution is -0.151. The Morgan fingerprint density at radius 3 is 1.90 bits per heavy atom. The molecule has 0 bridgehead atoms.